The lowest BCUT2D eigenvalue weighted by molar-refractivity contribution is -0.137. The zero-order chi connectivity index (χ0) is 11.8. The number of nitrogens with zero attached hydrogens (tertiary/aromatic N) is 2. The second-order valence-corrected chi connectivity index (χ2v) is 3.11. The first kappa shape index (κ1) is 10.7. The molecular formula is C10H7F3N2O. The van der Waals surface area contributed by atoms with Gasteiger partial charge in [0.2, 0.25) is 5.88 Å². The molecule has 0 aliphatic heterocycles. The highest BCUT2D eigenvalue weighted by Crippen LogP contribution is 2.30. The van der Waals surface area contributed by atoms with Crippen molar-refractivity contribution < 1.29 is 17.9 Å². The second-order valence-electron chi connectivity index (χ2n) is 3.11. The first-order valence-electron chi connectivity index (χ1n) is 4.39. The lowest BCUT2D eigenvalue weighted by Gasteiger charge is -2.07. The van der Waals surface area contributed by atoms with Crippen molar-refractivity contribution in [2.24, 2.45) is 0 Å². The summed E-state index contributed by atoms with van der Waals surface area (Å²) in [5, 5.41) is 0. The number of halogens is 3. The minimum atomic E-state index is -4.37. The van der Waals surface area contributed by atoms with E-state index in [4.69, 9.17) is 4.74 Å². The highest BCUT2D eigenvalue weighted by molar-refractivity contribution is 5.75. The third-order valence-electron chi connectivity index (χ3n) is 2.06. The summed E-state index contributed by atoms with van der Waals surface area (Å²) in [5.74, 6) is 0.271. The molecule has 16 heavy (non-hydrogen) atoms. The number of rotatable bonds is 1. The highest BCUT2D eigenvalue weighted by atomic mass is 19.4. The molecule has 0 unspecified atom stereocenters. The van der Waals surface area contributed by atoms with Crippen LogP contribution >= 0.6 is 0 Å². The van der Waals surface area contributed by atoms with E-state index < -0.39 is 11.7 Å². The third kappa shape index (κ3) is 1.91. The van der Waals surface area contributed by atoms with Gasteiger partial charge in [-0.15, -0.1) is 0 Å². The number of methoxy groups -OCH3 is 1. The van der Waals surface area contributed by atoms with E-state index in [-0.39, 0.29) is 11.4 Å². The minimum Gasteiger partial charge on any atom is -0.480 e. The quantitative estimate of drug-likeness (QED) is 0.752. The van der Waals surface area contributed by atoms with Gasteiger partial charge in [-0.25, -0.2) is 9.97 Å². The van der Waals surface area contributed by atoms with Gasteiger partial charge in [-0.05, 0) is 18.2 Å². The molecule has 0 saturated carbocycles. The molecule has 0 aliphatic rings. The van der Waals surface area contributed by atoms with Crippen LogP contribution in [0.15, 0.2) is 24.4 Å². The standard InChI is InChI=1S/C10H7F3N2O/c1-16-9-5-14-8-4-6(10(11,12)13)2-3-7(8)15-9/h2-5H,1H3. The van der Waals surface area contributed by atoms with E-state index in [0.717, 1.165) is 12.1 Å². The molecule has 1 heterocycles. The summed E-state index contributed by atoms with van der Waals surface area (Å²) < 4.78 is 42.0. The Morgan fingerprint density at radius 3 is 2.56 bits per heavy atom. The van der Waals surface area contributed by atoms with Gasteiger partial charge >= 0.3 is 6.18 Å². The second kappa shape index (κ2) is 3.62. The largest absolute Gasteiger partial charge is 0.480 e. The number of hydrogen-bond donors (Lipinski definition) is 0. The van der Waals surface area contributed by atoms with Gasteiger partial charge in [-0.2, -0.15) is 13.2 Å². The van der Waals surface area contributed by atoms with Crippen LogP contribution in [0, 0.1) is 0 Å². The molecule has 0 saturated heterocycles. The molecule has 0 amide bonds. The van der Waals surface area contributed by atoms with E-state index in [1.807, 2.05) is 0 Å². The van der Waals surface area contributed by atoms with Crippen molar-refractivity contribution in [1.82, 2.24) is 9.97 Å². The van der Waals surface area contributed by atoms with Gasteiger partial charge in [0.05, 0.1) is 29.9 Å². The van der Waals surface area contributed by atoms with Gasteiger partial charge in [-0.1, -0.05) is 0 Å². The minimum absolute atomic E-state index is 0.190. The van der Waals surface area contributed by atoms with Crippen LogP contribution in [0.25, 0.3) is 11.0 Å². The zero-order valence-electron chi connectivity index (χ0n) is 8.25. The molecule has 1 aromatic heterocycles. The van der Waals surface area contributed by atoms with Crippen LogP contribution < -0.4 is 4.74 Å². The van der Waals surface area contributed by atoms with E-state index in [1.54, 1.807) is 0 Å². The number of aromatic nitrogens is 2. The Kier molecular flexibility index (Phi) is 2.41. The first-order valence-corrected chi connectivity index (χ1v) is 4.39. The number of fused-ring (bicyclic) bond motifs is 1. The first-order chi connectivity index (χ1) is 7.50. The summed E-state index contributed by atoms with van der Waals surface area (Å²) in [6.45, 7) is 0. The molecule has 0 bridgehead atoms. The molecule has 84 valence electrons. The van der Waals surface area contributed by atoms with E-state index in [2.05, 4.69) is 9.97 Å². The summed E-state index contributed by atoms with van der Waals surface area (Å²) >= 11 is 0. The molecule has 0 spiro atoms. The summed E-state index contributed by atoms with van der Waals surface area (Å²) in [4.78, 5) is 7.80. The van der Waals surface area contributed by atoms with Crippen LogP contribution in [0.2, 0.25) is 0 Å². The lowest BCUT2D eigenvalue weighted by Crippen LogP contribution is -2.04. The molecule has 1 aromatic carbocycles. The predicted octanol–water partition coefficient (Wildman–Crippen LogP) is 2.66. The van der Waals surface area contributed by atoms with Crippen LogP contribution in [0.3, 0.4) is 0 Å². The van der Waals surface area contributed by atoms with Crippen molar-refractivity contribution in [1.29, 1.82) is 0 Å². The number of alkyl halides is 3. The van der Waals surface area contributed by atoms with Gasteiger partial charge in [0, 0.05) is 0 Å². The molecular weight excluding hydrogens is 221 g/mol. The van der Waals surface area contributed by atoms with Crippen molar-refractivity contribution >= 4 is 11.0 Å². The van der Waals surface area contributed by atoms with Gasteiger partial charge in [-0.3, -0.25) is 0 Å². The Labute approximate surface area is 88.9 Å². The fourth-order valence-electron chi connectivity index (χ4n) is 1.27. The number of benzene rings is 1. The number of ether oxygens (including phenoxy) is 1. The maximum absolute atomic E-state index is 12.4. The number of hydrogen-bond acceptors (Lipinski definition) is 3. The Bertz CT molecular complexity index is 525. The van der Waals surface area contributed by atoms with Crippen molar-refractivity contribution in [2.45, 2.75) is 6.18 Å². The van der Waals surface area contributed by atoms with Crippen LogP contribution in [0.4, 0.5) is 13.2 Å². The van der Waals surface area contributed by atoms with Crippen molar-refractivity contribution in [3.05, 3.63) is 30.0 Å². The van der Waals surface area contributed by atoms with E-state index in [0.29, 0.717) is 5.52 Å². The van der Waals surface area contributed by atoms with Crippen molar-refractivity contribution in [3.63, 3.8) is 0 Å². The monoisotopic (exact) mass is 228 g/mol. The Morgan fingerprint density at radius 1 is 1.19 bits per heavy atom. The SMILES string of the molecule is COc1cnc2cc(C(F)(F)F)ccc2n1. The summed E-state index contributed by atoms with van der Waals surface area (Å²) in [7, 11) is 1.42. The topological polar surface area (TPSA) is 35.0 Å². The fraction of sp³-hybridized carbons (Fsp3) is 0.200. The van der Waals surface area contributed by atoms with E-state index >= 15 is 0 Å². The van der Waals surface area contributed by atoms with Crippen LogP contribution in [-0.4, -0.2) is 17.1 Å². The van der Waals surface area contributed by atoms with E-state index in [9.17, 15) is 13.2 Å². The maximum Gasteiger partial charge on any atom is 0.416 e. The van der Waals surface area contributed by atoms with Gasteiger partial charge in [0.15, 0.2) is 0 Å². The van der Waals surface area contributed by atoms with Gasteiger partial charge in [0.25, 0.3) is 0 Å². The van der Waals surface area contributed by atoms with E-state index in [1.165, 1.54) is 19.4 Å². The Hall–Kier alpha value is -1.85. The predicted molar refractivity (Wildman–Crippen MR) is 51.1 cm³/mol. The average Bonchev–Trinajstić information content (AvgIpc) is 2.26. The Balaban J connectivity index is 2.56. The summed E-state index contributed by atoms with van der Waals surface area (Å²) in [6, 6.07) is 3.20. The summed E-state index contributed by atoms with van der Waals surface area (Å²) in [5.41, 5.74) is -0.178. The summed E-state index contributed by atoms with van der Waals surface area (Å²) in [6.07, 6.45) is -3.09. The van der Waals surface area contributed by atoms with Crippen molar-refractivity contribution in [3.8, 4) is 5.88 Å². The van der Waals surface area contributed by atoms with Crippen LogP contribution in [0.1, 0.15) is 5.56 Å². The molecule has 2 rings (SSSR count). The van der Waals surface area contributed by atoms with Crippen molar-refractivity contribution in [2.75, 3.05) is 7.11 Å². The Morgan fingerprint density at radius 2 is 1.94 bits per heavy atom. The highest BCUT2D eigenvalue weighted by Gasteiger charge is 2.30. The molecule has 0 fully saturated rings. The fourth-order valence-corrected chi connectivity index (χ4v) is 1.27. The normalized spacial score (nSPS) is 11.8. The van der Waals surface area contributed by atoms with Crippen LogP contribution in [-0.2, 0) is 6.18 Å². The smallest absolute Gasteiger partial charge is 0.416 e. The third-order valence-corrected chi connectivity index (χ3v) is 2.06. The molecule has 0 radical (unpaired) electrons. The van der Waals surface area contributed by atoms with Gasteiger partial charge < -0.3 is 4.74 Å². The van der Waals surface area contributed by atoms with Gasteiger partial charge in [0.1, 0.15) is 0 Å². The maximum atomic E-state index is 12.4. The lowest BCUT2D eigenvalue weighted by atomic mass is 10.2. The molecule has 0 aliphatic carbocycles. The molecule has 3 nitrogen and oxygen atoms in total. The molecule has 6 heteroatoms. The average molecular weight is 228 g/mol. The zero-order valence-corrected chi connectivity index (χ0v) is 8.25. The molecule has 0 N–H and O–H groups in total. The van der Waals surface area contributed by atoms with Crippen LogP contribution in [0.5, 0.6) is 5.88 Å². The molecule has 0 atom stereocenters. The molecule has 2 aromatic rings.